The summed E-state index contributed by atoms with van der Waals surface area (Å²) in [4.78, 5) is 13.1. The molecule has 3 aromatic rings. The average molecular weight is 553 g/mol. The van der Waals surface area contributed by atoms with Crippen LogP contribution in [0.2, 0.25) is 5.02 Å². The number of hydrogen-bond donors (Lipinski definition) is 1. The zero-order valence-corrected chi connectivity index (χ0v) is 22.0. The van der Waals surface area contributed by atoms with Gasteiger partial charge in [-0.2, -0.15) is 4.31 Å². The Morgan fingerprint density at radius 1 is 0.972 bits per heavy atom. The molecule has 1 fully saturated rings. The van der Waals surface area contributed by atoms with E-state index in [0.29, 0.717) is 23.4 Å². The smallest absolute Gasteiger partial charge is 0.322 e. The minimum Gasteiger partial charge on any atom is -0.403 e. The van der Waals surface area contributed by atoms with Gasteiger partial charge in [-0.3, -0.25) is 10.1 Å². The van der Waals surface area contributed by atoms with E-state index >= 15 is 0 Å². The number of amides is 1. The SMILES string of the molecule is CC(C)S(=O)(=O)c1ccc(-c2nnc(NC(=O)C3CCN(S(=O)(=O)c4ccc(Cl)cc4)CC3)o2)cc1. The van der Waals surface area contributed by atoms with E-state index in [4.69, 9.17) is 16.0 Å². The monoisotopic (exact) mass is 552 g/mol. The quantitative estimate of drug-likeness (QED) is 0.469. The van der Waals surface area contributed by atoms with Crippen LogP contribution in [0.15, 0.2) is 62.7 Å². The number of sulfonamides is 1. The van der Waals surface area contributed by atoms with Gasteiger partial charge >= 0.3 is 6.01 Å². The van der Waals surface area contributed by atoms with Crippen LogP contribution in [0.5, 0.6) is 0 Å². The Labute approximate surface area is 214 Å². The van der Waals surface area contributed by atoms with Gasteiger partial charge in [-0.25, -0.2) is 16.8 Å². The molecule has 0 atom stereocenters. The molecule has 0 saturated carbocycles. The Hall–Kier alpha value is -2.80. The van der Waals surface area contributed by atoms with Crippen LogP contribution < -0.4 is 5.32 Å². The first-order valence-corrected chi connectivity index (χ1v) is 14.6. The second kappa shape index (κ2) is 10.3. The number of halogens is 1. The number of nitrogens with one attached hydrogen (secondary N) is 1. The molecule has 1 aliphatic rings. The van der Waals surface area contributed by atoms with Crippen molar-refractivity contribution in [1.82, 2.24) is 14.5 Å². The van der Waals surface area contributed by atoms with Crippen molar-refractivity contribution < 1.29 is 26.0 Å². The van der Waals surface area contributed by atoms with Gasteiger partial charge < -0.3 is 4.42 Å². The molecule has 1 aromatic heterocycles. The van der Waals surface area contributed by atoms with Crippen molar-refractivity contribution >= 4 is 43.4 Å². The topological polar surface area (TPSA) is 140 Å². The Balaban J connectivity index is 1.36. The molecule has 2 heterocycles. The van der Waals surface area contributed by atoms with Gasteiger partial charge in [0.1, 0.15) is 0 Å². The number of carbonyl (C=O) groups is 1. The third-order valence-electron chi connectivity index (χ3n) is 5.98. The normalized spacial score (nSPS) is 15.8. The third kappa shape index (κ3) is 5.46. The van der Waals surface area contributed by atoms with Gasteiger partial charge in [0, 0.05) is 29.6 Å². The number of piperidine rings is 1. The summed E-state index contributed by atoms with van der Waals surface area (Å²) >= 11 is 5.85. The first kappa shape index (κ1) is 26.3. The molecule has 1 saturated heterocycles. The molecule has 192 valence electrons. The summed E-state index contributed by atoms with van der Waals surface area (Å²) in [6, 6.07) is 11.9. The van der Waals surface area contributed by atoms with E-state index in [0.717, 1.165) is 0 Å². The predicted octanol–water partition coefficient (Wildman–Crippen LogP) is 3.61. The van der Waals surface area contributed by atoms with Crippen LogP contribution >= 0.6 is 11.6 Å². The summed E-state index contributed by atoms with van der Waals surface area (Å²) in [6.45, 7) is 3.62. The maximum atomic E-state index is 12.8. The fourth-order valence-corrected chi connectivity index (χ4v) is 6.43. The minimum atomic E-state index is -3.67. The molecule has 0 radical (unpaired) electrons. The van der Waals surface area contributed by atoms with E-state index in [2.05, 4.69) is 15.5 Å². The van der Waals surface area contributed by atoms with Gasteiger partial charge in [0.05, 0.1) is 15.0 Å². The van der Waals surface area contributed by atoms with Crippen LogP contribution in [0, 0.1) is 5.92 Å². The first-order chi connectivity index (χ1) is 17.0. The summed E-state index contributed by atoms with van der Waals surface area (Å²) in [6.07, 6.45) is 0.677. The number of nitrogens with zero attached hydrogens (tertiary/aromatic N) is 3. The van der Waals surface area contributed by atoms with Crippen LogP contribution in [-0.2, 0) is 24.7 Å². The fourth-order valence-electron chi connectivity index (χ4n) is 3.77. The Morgan fingerprint density at radius 3 is 2.14 bits per heavy atom. The van der Waals surface area contributed by atoms with Gasteiger partial charge in [0.25, 0.3) is 0 Å². The molecule has 1 N–H and O–H groups in total. The molecule has 1 amide bonds. The van der Waals surface area contributed by atoms with E-state index in [1.165, 1.54) is 40.7 Å². The number of anilines is 1. The molecule has 0 spiro atoms. The van der Waals surface area contributed by atoms with E-state index < -0.39 is 31.0 Å². The Kier molecular flexibility index (Phi) is 7.51. The number of rotatable bonds is 7. The summed E-state index contributed by atoms with van der Waals surface area (Å²) < 4.78 is 57.1. The second-order valence-corrected chi connectivity index (χ2v) is 13.5. The zero-order valence-electron chi connectivity index (χ0n) is 19.6. The molecule has 0 bridgehead atoms. The Bertz CT molecular complexity index is 1440. The second-order valence-electron chi connectivity index (χ2n) is 8.65. The van der Waals surface area contributed by atoms with Gasteiger partial charge in [0.2, 0.25) is 21.8 Å². The number of carbonyl (C=O) groups excluding carboxylic acids is 1. The summed E-state index contributed by atoms with van der Waals surface area (Å²) in [7, 11) is -7.07. The maximum Gasteiger partial charge on any atom is 0.322 e. The lowest BCUT2D eigenvalue weighted by molar-refractivity contribution is -0.121. The van der Waals surface area contributed by atoms with Crippen molar-refractivity contribution in [3.8, 4) is 11.5 Å². The lowest BCUT2D eigenvalue weighted by atomic mass is 9.97. The highest BCUT2D eigenvalue weighted by molar-refractivity contribution is 7.92. The molecule has 0 unspecified atom stereocenters. The molecule has 2 aromatic carbocycles. The van der Waals surface area contributed by atoms with Gasteiger partial charge in [-0.05, 0) is 75.2 Å². The van der Waals surface area contributed by atoms with Crippen molar-refractivity contribution in [2.45, 2.75) is 41.7 Å². The number of hydrogen-bond acceptors (Lipinski definition) is 8. The van der Waals surface area contributed by atoms with Gasteiger partial charge in [0.15, 0.2) is 9.84 Å². The van der Waals surface area contributed by atoms with Crippen LogP contribution in [0.3, 0.4) is 0 Å². The molecule has 36 heavy (non-hydrogen) atoms. The first-order valence-electron chi connectivity index (χ1n) is 11.2. The van der Waals surface area contributed by atoms with Crippen LogP contribution in [-0.4, -0.2) is 55.6 Å². The van der Waals surface area contributed by atoms with E-state index in [1.807, 2.05) is 0 Å². The number of aromatic nitrogens is 2. The minimum absolute atomic E-state index is 0.0925. The predicted molar refractivity (Wildman–Crippen MR) is 134 cm³/mol. The van der Waals surface area contributed by atoms with Crippen molar-refractivity contribution in [3.05, 3.63) is 53.6 Å². The third-order valence-corrected chi connectivity index (χ3v) is 10.3. The van der Waals surface area contributed by atoms with Crippen molar-refractivity contribution in [2.24, 2.45) is 5.92 Å². The van der Waals surface area contributed by atoms with E-state index in [9.17, 15) is 21.6 Å². The van der Waals surface area contributed by atoms with E-state index in [1.54, 1.807) is 26.0 Å². The van der Waals surface area contributed by atoms with Crippen LogP contribution in [0.25, 0.3) is 11.5 Å². The zero-order chi connectivity index (χ0) is 26.1. The highest BCUT2D eigenvalue weighted by Gasteiger charge is 2.32. The average Bonchev–Trinajstić information content (AvgIpc) is 3.33. The summed E-state index contributed by atoms with van der Waals surface area (Å²) in [5, 5.41) is 10.3. The molecular formula is C23H25ClN4O6S2. The van der Waals surface area contributed by atoms with Crippen molar-refractivity contribution in [1.29, 1.82) is 0 Å². The highest BCUT2D eigenvalue weighted by atomic mass is 35.5. The van der Waals surface area contributed by atoms with E-state index in [-0.39, 0.29) is 40.7 Å². The van der Waals surface area contributed by atoms with Crippen LogP contribution in [0.1, 0.15) is 26.7 Å². The van der Waals surface area contributed by atoms with Gasteiger partial charge in [-0.1, -0.05) is 16.7 Å². The van der Waals surface area contributed by atoms with Crippen molar-refractivity contribution in [2.75, 3.05) is 18.4 Å². The number of benzene rings is 2. The maximum absolute atomic E-state index is 12.8. The van der Waals surface area contributed by atoms with Crippen LogP contribution in [0.4, 0.5) is 6.01 Å². The molecule has 1 aliphatic heterocycles. The molecule has 4 rings (SSSR count). The van der Waals surface area contributed by atoms with Crippen molar-refractivity contribution in [3.63, 3.8) is 0 Å². The lowest BCUT2D eigenvalue weighted by Crippen LogP contribution is -2.41. The lowest BCUT2D eigenvalue weighted by Gasteiger charge is -2.30. The number of sulfone groups is 1. The molecule has 13 heteroatoms. The molecular weight excluding hydrogens is 528 g/mol. The molecule has 10 nitrogen and oxygen atoms in total. The van der Waals surface area contributed by atoms with Gasteiger partial charge in [-0.15, -0.1) is 5.10 Å². The largest absolute Gasteiger partial charge is 0.403 e. The standard InChI is InChI=1S/C23H25ClN4O6S2/c1-15(2)35(30,31)19-7-3-17(4-8-19)22-26-27-23(34-22)25-21(29)16-11-13-28(14-12-16)36(32,33)20-9-5-18(24)6-10-20/h3-10,15-16H,11-14H2,1-2H3,(H,25,27,29). The summed E-state index contributed by atoms with van der Waals surface area (Å²) in [5.41, 5.74) is 0.506. The summed E-state index contributed by atoms with van der Waals surface area (Å²) in [5.74, 6) is -0.632. The molecule has 0 aliphatic carbocycles. The Morgan fingerprint density at radius 2 is 1.56 bits per heavy atom. The highest BCUT2D eigenvalue weighted by Crippen LogP contribution is 2.27. The fraction of sp³-hybridized carbons (Fsp3) is 0.348.